The van der Waals surface area contributed by atoms with Crippen molar-refractivity contribution in [2.45, 2.75) is 31.8 Å². The van der Waals surface area contributed by atoms with E-state index in [4.69, 9.17) is 10.5 Å². The summed E-state index contributed by atoms with van der Waals surface area (Å²) in [5.41, 5.74) is 6.55. The van der Waals surface area contributed by atoms with Crippen molar-refractivity contribution in [3.63, 3.8) is 0 Å². The summed E-state index contributed by atoms with van der Waals surface area (Å²) in [6.45, 7) is 5.30. The highest BCUT2D eigenvalue weighted by Crippen LogP contribution is 2.16. The highest BCUT2D eigenvalue weighted by atomic mass is 16.6. The topological polar surface area (TPSA) is 38.5 Å². The van der Waals surface area contributed by atoms with Gasteiger partial charge in [-0.1, -0.05) is 24.3 Å². The van der Waals surface area contributed by atoms with Crippen molar-refractivity contribution in [2.24, 2.45) is 5.73 Å². The molecule has 1 atom stereocenters. The fraction of sp³-hybridized carbons (Fsp3) is 0.636. The molecule has 0 aromatic heterocycles. The van der Waals surface area contributed by atoms with Crippen molar-refractivity contribution < 1.29 is 4.74 Å². The van der Waals surface area contributed by atoms with E-state index in [1.165, 1.54) is 31.3 Å². The summed E-state index contributed by atoms with van der Waals surface area (Å²) in [6.07, 6.45) is 9.92. The summed E-state index contributed by atoms with van der Waals surface area (Å²) in [4.78, 5) is 0. The van der Waals surface area contributed by atoms with E-state index >= 15 is 0 Å². The van der Waals surface area contributed by atoms with Gasteiger partial charge in [0.1, 0.15) is 0 Å². The van der Waals surface area contributed by atoms with Crippen molar-refractivity contribution in [3.8, 4) is 0 Å². The highest BCUT2D eigenvalue weighted by Gasteiger charge is 2.18. The first-order valence-corrected chi connectivity index (χ1v) is 5.00. The third-order valence-corrected chi connectivity index (χ3v) is 2.25. The van der Waals surface area contributed by atoms with Crippen LogP contribution in [0.25, 0.3) is 0 Å². The van der Waals surface area contributed by atoms with E-state index in [1.807, 2.05) is 6.08 Å². The van der Waals surface area contributed by atoms with Crippen molar-refractivity contribution in [2.75, 3.05) is 13.2 Å². The van der Waals surface area contributed by atoms with Gasteiger partial charge in [-0.15, -0.1) is 0 Å². The molecule has 0 amide bonds. The summed E-state index contributed by atoms with van der Waals surface area (Å²) >= 11 is 0. The fourth-order valence-corrected chi connectivity index (χ4v) is 1.25. The second-order valence-electron chi connectivity index (χ2n) is 3.42. The Kier molecular flexibility index (Phi) is 4.79. The molecule has 0 saturated carbocycles. The number of nitrogens with two attached hydrogens (primary N) is 1. The van der Waals surface area contributed by atoms with Crippen molar-refractivity contribution in [1.29, 1.82) is 0 Å². The fourth-order valence-electron chi connectivity index (χ4n) is 1.25. The molecule has 74 valence electrons. The van der Waals surface area contributed by atoms with Gasteiger partial charge < -0.3 is 10.5 Å². The normalized spacial score (nSPS) is 25.3. The third kappa shape index (κ3) is 4.86. The highest BCUT2D eigenvalue weighted by molar-refractivity contribution is 5.17. The zero-order chi connectivity index (χ0) is 9.52. The molecule has 2 heteroatoms. The van der Waals surface area contributed by atoms with Gasteiger partial charge in [-0.05, 0) is 25.7 Å². The molecule has 1 aliphatic carbocycles. The van der Waals surface area contributed by atoms with Gasteiger partial charge in [-0.25, -0.2) is 0 Å². The molecule has 0 spiro atoms. The van der Waals surface area contributed by atoms with E-state index in [0.717, 1.165) is 6.61 Å². The second-order valence-corrected chi connectivity index (χ2v) is 3.42. The predicted molar refractivity (Wildman–Crippen MR) is 55.5 cm³/mol. The summed E-state index contributed by atoms with van der Waals surface area (Å²) in [6, 6.07) is 0. The second kappa shape index (κ2) is 5.95. The van der Waals surface area contributed by atoms with E-state index < -0.39 is 0 Å². The minimum Gasteiger partial charge on any atom is -0.372 e. The molecule has 0 aromatic rings. The van der Waals surface area contributed by atoms with Crippen LogP contribution in [-0.4, -0.2) is 19.3 Å². The lowest BCUT2D eigenvalue weighted by Gasteiger charge is -2.06. The summed E-state index contributed by atoms with van der Waals surface area (Å²) < 4.78 is 4.73. The first kappa shape index (κ1) is 10.5. The minimum atomic E-state index is 0.412. The number of epoxide rings is 1. The molecule has 13 heavy (non-hydrogen) atoms. The van der Waals surface area contributed by atoms with Crippen LogP contribution in [0.5, 0.6) is 0 Å². The quantitative estimate of drug-likeness (QED) is 0.662. The molecule has 0 aromatic carbocycles. The van der Waals surface area contributed by atoms with Crippen LogP contribution in [0.3, 0.4) is 0 Å². The van der Waals surface area contributed by atoms with Crippen LogP contribution < -0.4 is 5.73 Å². The summed E-state index contributed by atoms with van der Waals surface area (Å²) in [5.74, 6) is 0. The molecule has 0 bridgehead atoms. The van der Waals surface area contributed by atoms with Crippen molar-refractivity contribution in [1.82, 2.24) is 0 Å². The van der Waals surface area contributed by atoms with Gasteiger partial charge in [0.25, 0.3) is 0 Å². The SMILES string of the molecule is C=CC1=CCCCC1.NCC1CO1. The van der Waals surface area contributed by atoms with Crippen molar-refractivity contribution in [3.05, 3.63) is 24.3 Å². The Morgan fingerprint density at radius 3 is 2.62 bits per heavy atom. The average molecular weight is 181 g/mol. The predicted octanol–water partition coefficient (Wildman–Crippen LogP) is 2.02. The molecule has 2 nitrogen and oxygen atoms in total. The maximum absolute atomic E-state index is 5.11. The Morgan fingerprint density at radius 2 is 2.38 bits per heavy atom. The van der Waals surface area contributed by atoms with Gasteiger partial charge in [0.05, 0.1) is 12.7 Å². The molecule has 1 fully saturated rings. The van der Waals surface area contributed by atoms with E-state index in [-0.39, 0.29) is 0 Å². The molecular formula is C11H19NO. The molecule has 1 heterocycles. The van der Waals surface area contributed by atoms with Crippen LogP contribution in [0.4, 0.5) is 0 Å². The molecule has 2 rings (SSSR count). The maximum atomic E-state index is 5.11. The molecule has 2 N–H and O–H groups in total. The summed E-state index contributed by atoms with van der Waals surface area (Å²) in [7, 11) is 0. The Bertz CT molecular complexity index is 183. The molecule has 0 radical (unpaired) electrons. The first-order chi connectivity index (χ1) is 6.36. The van der Waals surface area contributed by atoms with E-state index in [1.54, 1.807) is 0 Å². The van der Waals surface area contributed by atoms with Gasteiger partial charge in [-0.2, -0.15) is 0 Å². The Hall–Kier alpha value is -0.600. The van der Waals surface area contributed by atoms with E-state index in [2.05, 4.69) is 12.7 Å². The van der Waals surface area contributed by atoms with Gasteiger partial charge in [0.2, 0.25) is 0 Å². The van der Waals surface area contributed by atoms with Gasteiger partial charge in [-0.3, -0.25) is 0 Å². The number of ether oxygens (including phenoxy) is 1. The number of allylic oxidation sites excluding steroid dienone is 3. The zero-order valence-electron chi connectivity index (χ0n) is 8.17. The monoisotopic (exact) mass is 181 g/mol. The van der Waals surface area contributed by atoms with E-state index in [9.17, 15) is 0 Å². The van der Waals surface area contributed by atoms with Crippen LogP contribution >= 0.6 is 0 Å². The van der Waals surface area contributed by atoms with Crippen LogP contribution in [0, 0.1) is 0 Å². The van der Waals surface area contributed by atoms with Gasteiger partial charge in [0.15, 0.2) is 0 Å². The lowest BCUT2D eigenvalue weighted by atomic mass is 10.0. The molecule has 1 saturated heterocycles. The Morgan fingerprint density at radius 1 is 1.62 bits per heavy atom. The lowest BCUT2D eigenvalue weighted by molar-refractivity contribution is 0.412. The zero-order valence-corrected chi connectivity index (χ0v) is 8.17. The molecule has 2 aliphatic rings. The van der Waals surface area contributed by atoms with Crippen molar-refractivity contribution >= 4 is 0 Å². The summed E-state index contributed by atoms with van der Waals surface area (Å²) in [5, 5.41) is 0. The smallest absolute Gasteiger partial charge is 0.0931 e. The third-order valence-electron chi connectivity index (χ3n) is 2.25. The molecule has 1 aliphatic heterocycles. The average Bonchev–Trinajstić information content (AvgIpc) is 3.03. The van der Waals surface area contributed by atoms with Crippen LogP contribution in [-0.2, 0) is 4.74 Å². The van der Waals surface area contributed by atoms with Crippen LogP contribution in [0.15, 0.2) is 24.3 Å². The van der Waals surface area contributed by atoms with E-state index in [0.29, 0.717) is 12.6 Å². The van der Waals surface area contributed by atoms with Gasteiger partial charge >= 0.3 is 0 Å². The maximum Gasteiger partial charge on any atom is 0.0931 e. The largest absolute Gasteiger partial charge is 0.372 e. The first-order valence-electron chi connectivity index (χ1n) is 5.00. The Labute approximate surface area is 80.5 Å². The van der Waals surface area contributed by atoms with Gasteiger partial charge in [0, 0.05) is 6.54 Å². The standard InChI is InChI=1S/C8H12.C3H7NO/c1-2-8-6-4-3-5-7-8;4-1-3-2-5-3/h2,6H,1,3-5,7H2;3H,1-2,4H2. The number of hydrogen-bond donors (Lipinski definition) is 1. The number of hydrogen-bond acceptors (Lipinski definition) is 2. The Balaban J connectivity index is 0.000000145. The van der Waals surface area contributed by atoms with Crippen LogP contribution in [0.2, 0.25) is 0 Å². The molecule has 1 unspecified atom stereocenters. The van der Waals surface area contributed by atoms with Crippen LogP contribution in [0.1, 0.15) is 25.7 Å². The minimum absolute atomic E-state index is 0.412. The lowest BCUT2D eigenvalue weighted by Crippen LogP contribution is -2.05. The number of rotatable bonds is 2. The molecular weight excluding hydrogens is 162 g/mol.